The standard InChI is InChI=1S/C23H23ClN2O4S/c1-3-17-9-12-19(13-10-17)26(31(28,29)20-7-5-4-6-8-20)16-23(27)25-21-15-18(24)11-14-22(21)30-2/h4-15H,3,16H2,1-2H3,(H,25,27). The number of anilines is 2. The van der Waals surface area contributed by atoms with Crippen LogP contribution < -0.4 is 14.4 Å². The Morgan fingerprint density at radius 1 is 1.03 bits per heavy atom. The number of halogens is 1. The number of methoxy groups -OCH3 is 1. The first-order valence-corrected chi connectivity index (χ1v) is 11.5. The molecule has 0 radical (unpaired) electrons. The fourth-order valence-electron chi connectivity index (χ4n) is 3.03. The maximum atomic E-state index is 13.4. The molecule has 0 aliphatic rings. The molecule has 1 amide bonds. The van der Waals surface area contributed by atoms with Crippen molar-refractivity contribution in [3.05, 3.63) is 83.4 Å². The highest BCUT2D eigenvalue weighted by Gasteiger charge is 2.27. The van der Waals surface area contributed by atoms with Crippen molar-refractivity contribution in [1.82, 2.24) is 0 Å². The van der Waals surface area contributed by atoms with Crippen molar-refractivity contribution in [2.75, 3.05) is 23.3 Å². The summed E-state index contributed by atoms with van der Waals surface area (Å²) in [5.74, 6) is -0.109. The molecule has 0 aliphatic carbocycles. The van der Waals surface area contributed by atoms with Gasteiger partial charge in [-0.3, -0.25) is 9.10 Å². The van der Waals surface area contributed by atoms with E-state index in [9.17, 15) is 13.2 Å². The van der Waals surface area contributed by atoms with E-state index in [1.807, 2.05) is 19.1 Å². The van der Waals surface area contributed by atoms with E-state index in [0.717, 1.165) is 16.3 Å². The molecule has 0 fully saturated rings. The summed E-state index contributed by atoms with van der Waals surface area (Å²) in [5, 5.41) is 3.11. The number of nitrogens with one attached hydrogen (secondary N) is 1. The summed E-state index contributed by atoms with van der Waals surface area (Å²) >= 11 is 6.03. The maximum absolute atomic E-state index is 13.4. The molecule has 31 heavy (non-hydrogen) atoms. The Bertz CT molecular complexity index is 1150. The predicted molar refractivity (Wildman–Crippen MR) is 123 cm³/mol. The molecule has 0 unspecified atom stereocenters. The van der Waals surface area contributed by atoms with E-state index in [0.29, 0.717) is 22.1 Å². The second-order valence-electron chi connectivity index (χ2n) is 6.74. The Morgan fingerprint density at radius 3 is 2.32 bits per heavy atom. The first-order valence-electron chi connectivity index (χ1n) is 9.65. The number of hydrogen-bond donors (Lipinski definition) is 1. The molecule has 3 aromatic rings. The molecular weight excluding hydrogens is 436 g/mol. The fourth-order valence-corrected chi connectivity index (χ4v) is 4.64. The average molecular weight is 459 g/mol. The van der Waals surface area contributed by atoms with Gasteiger partial charge in [0.1, 0.15) is 12.3 Å². The summed E-state index contributed by atoms with van der Waals surface area (Å²) in [6.45, 7) is 1.59. The highest BCUT2D eigenvalue weighted by Crippen LogP contribution is 2.28. The summed E-state index contributed by atoms with van der Waals surface area (Å²) in [5.41, 5.74) is 1.82. The van der Waals surface area contributed by atoms with Gasteiger partial charge in [0.25, 0.3) is 10.0 Å². The van der Waals surface area contributed by atoms with Crippen molar-refractivity contribution in [3.63, 3.8) is 0 Å². The van der Waals surface area contributed by atoms with Crippen LogP contribution in [0.25, 0.3) is 0 Å². The van der Waals surface area contributed by atoms with E-state index in [1.54, 1.807) is 48.5 Å². The van der Waals surface area contributed by atoms with Crippen molar-refractivity contribution in [2.45, 2.75) is 18.2 Å². The number of rotatable bonds is 8. The van der Waals surface area contributed by atoms with Crippen LogP contribution in [0.15, 0.2) is 77.7 Å². The van der Waals surface area contributed by atoms with E-state index < -0.39 is 22.5 Å². The number of benzene rings is 3. The highest BCUT2D eigenvalue weighted by atomic mass is 35.5. The summed E-state index contributed by atoms with van der Waals surface area (Å²) in [4.78, 5) is 13.0. The lowest BCUT2D eigenvalue weighted by Crippen LogP contribution is -2.38. The number of carbonyl (C=O) groups excluding carboxylic acids is 1. The second kappa shape index (κ2) is 9.85. The SMILES string of the molecule is CCc1ccc(N(CC(=O)Nc2cc(Cl)ccc2OC)S(=O)(=O)c2ccccc2)cc1. The molecule has 0 saturated heterocycles. The molecule has 1 N–H and O–H groups in total. The monoisotopic (exact) mass is 458 g/mol. The number of nitrogens with zero attached hydrogens (tertiary/aromatic N) is 1. The van der Waals surface area contributed by atoms with Crippen molar-refractivity contribution < 1.29 is 17.9 Å². The van der Waals surface area contributed by atoms with Gasteiger partial charge in [0.15, 0.2) is 0 Å². The molecule has 6 nitrogen and oxygen atoms in total. The summed E-state index contributed by atoms with van der Waals surface area (Å²) in [7, 11) is -2.50. The molecule has 0 atom stereocenters. The molecule has 0 aliphatic heterocycles. The number of sulfonamides is 1. The Labute approximate surface area is 187 Å². The summed E-state index contributed by atoms with van der Waals surface area (Å²) in [6.07, 6.45) is 0.820. The van der Waals surface area contributed by atoms with Crippen LogP contribution in [0, 0.1) is 0 Å². The van der Waals surface area contributed by atoms with Crippen LogP contribution >= 0.6 is 11.6 Å². The highest BCUT2D eigenvalue weighted by molar-refractivity contribution is 7.92. The molecule has 3 aromatic carbocycles. The third kappa shape index (κ3) is 5.37. The van der Waals surface area contributed by atoms with E-state index >= 15 is 0 Å². The van der Waals surface area contributed by atoms with Gasteiger partial charge in [-0.25, -0.2) is 8.42 Å². The summed E-state index contributed by atoms with van der Waals surface area (Å²) in [6, 6.07) is 19.9. The van der Waals surface area contributed by atoms with Gasteiger partial charge in [0.2, 0.25) is 5.91 Å². The molecular formula is C23H23ClN2O4S. The van der Waals surface area contributed by atoms with Gasteiger partial charge < -0.3 is 10.1 Å². The molecule has 162 valence electrons. The van der Waals surface area contributed by atoms with Crippen LogP contribution in [0.4, 0.5) is 11.4 Å². The molecule has 0 heterocycles. The Kier molecular flexibility index (Phi) is 7.20. The zero-order valence-electron chi connectivity index (χ0n) is 17.2. The fraction of sp³-hybridized carbons (Fsp3) is 0.174. The van der Waals surface area contributed by atoms with Gasteiger partial charge >= 0.3 is 0 Å². The topological polar surface area (TPSA) is 75.7 Å². The van der Waals surface area contributed by atoms with Crippen LogP contribution in [0.5, 0.6) is 5.75 Å². The van der Waals surface area contributed by atoms with Crippen LogP contribution in [-0.4, -0.2) is 28.0 Å². The molecule has 8 heteroatoms. The second-order valence-corrected chi connectivity index (χ2v) is 9.04. The van der Waals surface area contributed by atoms with Crippen molar-refractivity contribution >= 4 is 38.9 Å². The van der Waals surface area contributed by atoms with Crippen LogP contribution in [0.3, 0.4) is 0 Å². The third-order valence-corrected chi connectivity index (χ3v) is 6.71. The van der Waals surface area contributed by atoms with Crippen molar-refractivity contribution in [1.29, 1.82) is 0 Å². The van der Waals surface area contributed by atoms with Gasteiger partial charge in [-0.15, -0.1) is 0 Å². The number of ether oxygens (including phenoxy) is 1. The largest absolute Gasteiger partial charge is 0.495 e. The number of amides is 1. The Hall–Kier alpha value is -3.03. The van der Waals surface area contributed by atoms with Gasteiger partial charge in [-0.2, -0.15) is 0 Å². The van der Waals surface area contributed by atoms with Crippen LogP contribution in [-0.2, 0) is 21.2 Å². The van der Waals surface area contributed by atoms with E-state index in [-0.39, 0.29) is 4.90 Å². The zero-order chi connectivity index (χ0) is 22.4. The maximum Gasteiger partial charge on any atom is 0.264 e. The minimum atomic E-state index is -3.97. The van der Waals surface area contributed by atoms with Crippen LogP contribution in [0.2, 0.25) is 5.02 Å². The molecule has 0 saturated carbocycles. The van der Waals surface area contributed by atoms with Gasteiger partial charge in [0, 0.05) is 5.02 Å². The number of hydrogen-bond acceptors (Lipinski definition) is 4. The summed E-state index contributed by atoms with van der Waals surface area (Å²) < 4.78 is 33.0. The van der Waals surface area contributed by atoms with Crippen LogP contribution in [0.1, 0.15) is 12.5 Å². The smallest absolute Gasteiger partial charge is 0.264 e. The van der Waals surface area contributed by atoms with Gasteiger partial charge in [-0.1, -0.05) is 48.9 Å². The van der Waals surface area contributed by atoms with Gasteiger partial charge in [0.05, 0.1) is 23.4 Å². The first-order chi connectivity index (χ1) is 14.8. The lowest BCUT2D eigenvalue weighted by molar-refractivity contribution is -0.114. The minimum absolute atomic E-state index is 0.0997. The first kappa shape index (κ1) is 22.7. The molecule has 0 bridgehead atoms. The molecule has 0 aromatic heterocycles. The number of aryl methyl sites for hydroxylation is 1. The molecule has 3 rings (SSSR count). The predicted octanol–water partition coefficient (Wildman–Crippen LogP) is 4.75. The van der Waals surface area contributed by atoms with E-state index in [1.165, 1.54) is 19.2 Å². The van der Waals surface area contributed by atoms with E-state index in [2.05, 4.69) is 5.32 Å². The van der Waals surface area contributed by atoms with E-state index in [4.69, 9.17) is 16.3 Å². The lowest BCUT2D eigenvalue weighted by atomic mass is 10.1. The lowest BCUT2D eigenvalue weighted by Gasteiger charge is -2.24. The Balaban J connectivity index is 1.95. The Morgan fingerprint density at radius 2 is 1.71 bits per heavy atom. The average Bonchev–Trinajstić information content (AvgIpc) is 2.78. The van der Waals surface area contributed by atoms with Gasteiger partial charge in [-0.05, 0) is 54.4 Å². The van der Waals surface area contributed by atoms with Crippen molar-refractivity contribution in [2.24, 2.45) is 0 Å². The normalized spacial score (nSPS) is 11.1. The van der Waals surface area contributed by atoms with Crippen molar-refractivity contribution in [3.8, 4) is 5.75 Å². The third-order valence-electron chi connectivity index (χ3n) is 4.69. The minimum Gasteiger partial charge on any atom is -0.495 e. The number of carbonyl (C=O) groups is 1. The zero-order valence-corrected chi connectivity index (χ0v) is 18.8. The molecule has 0 spiro atoms. The quantitative estimate of drug-likeness (QED) is 0.528.